The van der Waals surface area contributed by atoms with Crippen LogP contribution in [0.25, 0.3) is 11.4 Å². The largest absolute Gasteiger partial charge is 0.454 e. The van der Waals surface area contributed by atoms with Gasteiger partial charge in [0.2, 0.25) is 6.79 Å². The fraction of sp³-hybridized carbons (Fsp3) is 0.179. The summed E-state index contributed by atoms with van der Waals surface area (Å²) < 4.78 is 39.0. The molecule has 1 N–H and O–H groups in total. The lowest BCUT2D eigenvalue weighted by molar-refractivity contribution is 0.0747. The average molecular weight is 516 g/mol. The topological polar surface area (TPSA) is 79.8 Å². The molecule has 1 aromatic heterocycles. The number of aromatic nitrogens is 2. The van der Waals surface area contributed by atoms with Gasteiger partial charge in [0.25, 0.3) is 5.91 Å². The van der Waals surface area contributed by atoms with Crippen LogP contribution in [0.15, 0.2) is 72.9 Å². The fourth-order valence-electron chi connectivity index (χ4n) is 4.54. The van der Waals surface area contributed by atoms with E-state index in [2.05, 4.69) is 15.3 Å². The minimum Gasteiger partial charge on any atom is -0.454 e. The minimum absolute atomic E-state index is 0.142. The number of fused-ring (bicyclic) bond motifs is 1. The first-order chi connectivity index (χ1) is 18.5. The van der Waals surface area contributed by atoms with E-state index < -0.39 is 5.82 Å². The second-order valence-corrected chi connectivity index (χ2v) is 8.89. The Hall–Kier alpha value is -4.73. The molecule has 3 heterocycles. The van der Waals surface area contributed by atoms with Gasteiger partial charge < -0.3 is 24.6 Å². The molecule has 10 heteroatoms. The van der Waals surface area contributed by atoms with E-state index in [9.17, 15) is 13.6 Å². The predicted molar refractivity (Wildman–Crippen MR) is 138 cm³/mol. The number of hydrogen-bond acceptors (Lipinski definition) is 7. The van der Waals surface area contributed by atoms with Crippen molar-refractivity contribution in [3.8, 4) is 22.9 Å². The second kappa shape index (κ2) is 9.97. The molecule has 38 heavy (non-hydrogen) atoms. The Kier molecular flexibility index (Phi) is 6.20. The lowest BCUT2D eigenvalue weighted by atomic mass is 10.1. The van der Waals surface area contributed by atoms with Crippen molar-refractivity contribution >= 4 is 23.1 Å². The van der Waals surface area contributed by atoms with E-state index in [0.29, 0.717) is 60.4 Å². The Morgan fingerprint density at radius 1 is 0.895 bits per heavy atom. The lowest BCUT2D eigenvalue weighted by Crippen LogP contribution is -2.49. The van der Waals surface area contributed by atoms with E-state index in [1.54, 1.807) is 53.4 Å². The highest BCUT2D eigenvalue weighted by Crippen LogP contribution is 2.35. The Labute approximate surface area is 217 Å². The highest BCUT2D eigenvalue weighted by atomic mass is 19.1. The van der Waals surface area contributed by atoms with Crippen LogP contribution in [0.5, 0.6) is 11.5 Å². The van der Waals surface area contributed by atoms with Gasteiger partial charge in [0.1, 0.15) is 23.0 Å². The maximum atomic E-state index is 14.2. The molecular formula is C28H23F2N5O3. The molecule has 0 spiro atoms. The van der Waals surface area contributed by atoms with Gasteiger partial charge in [0, 0.05) is 43.6 Å². The van der Waals surface area contributed by atoms with Crippen molar-refractivity contribution in [2.45, 2.75) is 0 Å². The Morgan fingerprint density at radius 3 is 2.53 bits per heavy atom. The Morgan fingerprint density at radius 2 is 1.71 bits per heavy atom. The first-order valence-electron chi connectivity index (χ1n) is 12.1. The van der Waals surface area contributed by atoms with E-state index >= 15 is 0 Å². The third-order valence-electron chi connectivity index (χ3n) is 6.50. The van der Waals surface area contributed by atoms with Crippen molar-refractivity contribution in [3.05, 3.63) is 90.1 Å². The van der Waals surface area contributed by atoms with Crippen molar-refractivity contribution in [3.63, 3.8) is 0 Å². The third kappa shape index (κ3) is 4.68. The minimum atomic E-state index is -0.419. The maximum absolute atomic E-state index is 14.2. The molecule has 192 valence electrons. The molecule has 6 rings (SSSR count). The van der Waals surface area contributed by atoms with E-state index in [1.807, 2.05) is 4.90 Å². The van der Waals surface area contributed by atoms with Crippen molar-refractivity contribution in [2.24, 2.45) is 0 Å². The smallest absolute Gasteiger partial charge is 0.259 e. The van der Waals surface area contributed by atoms with Gasteiger partial charge in [-0.2, -0.15) is 0 Å². The van der Waals surface area contributed by atoms with Gasteiger partial charge in [-0.1, -0.05) is 18.2 Å². The van der Waals surface area contributed by atoms with Crippen molar-refractivity contribution in [1.29, 1.82) is 0 Å². The number of amides is 1. The van der Waals surface area contributed by atoms with Crippen LogP contribution < -0.4 is 19.7 Å². The number of halogens is 2. The number of benzene rings is 3. The highest BCUT2D eigenvalue weighted by molar-refractivity contribution is 5.99. The molecule has 2 aliphatic rings. The van der Waals surface area contributed by atoms with E-state index in [4.69, 9.17) is 9.47 Å². The summed E-state index contributed by atoms with van der Waals surface area (Å²) in [6, 6.07) is 17.9. The standard InChI is InChI=1S/C28H23F2N5O3/c29-19-4-3-5-20(15-19)32-27-21(16-31-26(33-27)18-8-9-24-25(14-18)38-17-37-24)28(36)35-12-10-34(11-13-35)23-7-2-1-6-22(23)30/h1-9,14-16H,10-13,17H2,(H,31,32,33). The molecule has 1 amide bonds. The van der Waals surface area contributed by atoms with Crippen LogP contribution in [-0.2, 0) is 0 Å². The van der Waals surface area contributed by atoms with Crippen LogP contribution in [0.4, 0.5) is 26.0 Å². The molecule has 3 aromatic carbocycles. The number of para-hydroxylation sites is 1. The van der Waals surface area contributed by atoms with Crippen molar-refractivity contribution < 1.29 is 23.0 Å². The van der Waals surface area contributed by atoms with Gasteiger partial charge in [0.15, 0.2) is 17.3 Å². The Bertz CT molecular complexity index is 1510. The molecule has 8 nitrogen and oxygen atoms in total. The normalized spacial score (nSPS) is 14.5. The van der Waals surface area contributed by atoms with Gasteiger partial charge in [-0.15, -0.1) is 0 Å². The number of carbonyl (C=O) groups is 1. The van der Waals surface area contributed by atoms with E-state index in [-0.39, 0.29) is 29.9 Å². The number of nitrogens with one attached hydrogen (secondary N) is 1. The number of piperazine rings is 1. The summed E-state index contributed by atoms with van der Waals surface area (Å²) in [5.41, 5.74) is 1.88. The second-order valence-electron chi connectivity index (χ2n) is 8.89. The number of nitrogens with zero attached hydrogens (tertiary/aromatic N) is 4. The monoisotopic (exact) mass is 515 g/mol. The summed E-state index contributed by atoms with van der Waals surface area (Å²) in [5.74, 6) is 0.850. The number of carbonyl (C=O) groups excluding carboxylic acids is 1. The first-order valence-corrected chi connectivity index (χ1v) is 12.1. The molecule has 0 saturated carbocycles. The fourth-order valence-corrected chi connectivity index (χ4v) is 4.54. The lowest BCUT2D eigenvalue weighted by Gasteiger charge is -2.36. The molecule has 1 fully saturated rings. The van der Waals surface area contributed by atoms with Gasteiger partial charge in [-0.3, -0.25) is 4.79 Å². The molecule has 0 atom stereocenters. The van der Waals surface area contributed by atoms with Gasteiger partial charge in [0.05, 0.1) is 5.69 Å². The van der Waals surface area contributed by atoms with Gasteiger partial charge >= 0.3 is 0 Å². The molecular weight excluding hydrogens is 492 g/mol. The number of anilines is 3. The molecule has 0 radical (unpaired) electrons. The van der Waals surface area contributed by atoms with Crippen LogP contribution >= 0.6 is 0 Å². The molecule has 1 saturated heterocycles. The summed E-state index contributed by atoms with van der Waals surface area (Å²) in [6.07, 6.45) is 1.47. The third-order valence-corrected chi connectivity index (χ3v) is 6.50. The number of ether oxygens (including phenoxy) is 2. The van der Waals surface area contributed by atoms with Gasteiger partial charge in [-0.25, -0.2) is 18.7 Å². The van der Waals surface area contributed by atoms with Crippen LogP contribution in [0.1, 0.15) is 10.4 Å². The first kappa shape index (κ1) is 23.7. The molecule has 0 unspecified atom stereocenters. The average Bonchev–Trinajstić information content (AvgIpc) is 3.41. The van der Waals surface area contributed by atoms with Crippen molar-refractivity contribution in [2.75, 3.05) is 43.2 Å². The summed E-state index contributed by atoms with van der Waals surface area (Å²) in [7, 11) is 0. The van der Waals surface area contributed by atoms with Crippen LogP contribution in [-0.4, -0.2) is 53.7 Å². The predicted octanol–water partition coefficient (Wildman–Crippen LogP) is 4.86. The Balaban J connectivity index is 1.28. The van der Waals surface area contributed by atoms with Crippen LogP contribution in [0.3, 0.4) is 0 Å². The van der Waals surface area contributed by atoms with Crippen molar-refractivity contribution in [1.82, 2.24) is 14.9 Å². The number of hydrogen-bond donors (Lipinski definition) is 1. The molecule has 0 bridgehead atoms. The zero-order valence-corrected chi connectivity index (χ0v) is 20.2. The van der Waals surface area contributed by atoms with Crippen LogP contribution in [0.2, 0.25) is 0 Å². The summed E-state index contributed by atoms with van der Waals surface area (Å²) in [5, 5.41) is 3.08. The summed E-state index contributed by atoms with van der Waals surface area (Å²) >= 11 is 0. The zero-order chi connectivity index (χ0) is 26.1. The molecule has 2 aliphatic heterocycles. The summed E-state index contributed by atoms with van der Waals surface area (Å²) in [4.78, 5) is 26.3. The maximum Gasteiger partial charge on any atom is 0.259 e. The molecule has 4 aromatic rings. The SMILES string of the molecule is O=C(c1cnc(-c2ccc3c(c2)OCO3)nc1Nc1cccc(F)c1)N1CCN(c2ccccc2F)CC1. The number of rotatable bonds is 5. The summed E-state index contributed by atoms with van der Waals surface area (Å²) in [6.45, 7) is 1.90. The quantitative estimate of drug-likeness (QED) is 0.407. The molecule has 0 aliphatic carbocycles. The van der Waals surface area contributed by atoms with E-state index in [1.165, 1.54) is 24.4 Å². The highest BCUT2D eigenvalue weighted by Gasteiger charge is 2.27. The van der Waals surface area contributed by atoms with E-state index in [0.717, 1.165) is 0 Å². The van der Waals surface area contributed by atoms with Gasteiger partial charge in [-0.05, 0) is 48.5 Å². The van der Waals surface area contributed by atoms with Crippen LogP contribution in [0, 0.1) is 11.6 Å². The zero-order valence-electron chi connectivity index (χ0n) is 20.2.